The van der Waals surface area contributed by atoms with E-state index in [-0.39, 0.29) is 0 Å². The molecule has 3 rings (SSSR count). The van der Waals surface area contributed by atoms with Gasteiger partial charge in [-0.1, -0.05) is 13.0 Å². The fourth-order valence-corrected chi connectivity index (χ4v) is 2.85. The number of pyridine rings is 1. The van der Waals surface area contributed by atoms with Gasteiger partial charge in [-0.15, -0.1) is 0 Å². The minimum Gasteiger partial charge on any atom is -0.366 e. The number of carbonyl (C=O) groups is 1. The second kappa shape index (κ2) is 6.20. The number of hydrogen-bond acceptors (Lipinski definition) is 3. The average molecular weight is 308 g/mol. The number of aryl methyl sites for hydroxylation is 2. The topological polar surface area (TPSA) is 73.8 Å². The summed E-state index contributed by atoms with van der Waals surface area (Å²) in [6, 6.07) is 7.61. The maximum atomic E-state index is 11.6. The number of hydrogen-bond donors (Lipinski definition) is 1. The molecule has 0 saturated heterocycles. The van der Waals surface area contributed by atoms with Crippen LogP contribution in [-0.4, -0.2) is 20.4 Å². The van der Waals surface area contributed by atoms with Crippen molar-refractivity contribution in [2.45, 2.75) is 33.2 Å². The SMILES string of the molecule is CCCc1nc2c(C)cc(C(N)=O)cc2n1Cc1cccnc1. The van der Waals surface area contributed by atoms with Gasteiger partial charge in [0.05, 0.1) is 17.6 Å². The molecule has 2 aromatic heterocycles. The lowest BCUT2D eigenvalue weighted by atomic mass is 10.1. The standard InChI is InChI=1S/C18H20N4O/c1-3-5-16-21-17-12(2)8-14(18(19)23)9-15(17)22(16)11-13-6-4-7-20-10-13/h4,6-10H,3,5,11H2,1-2H3,(H2,19,23). The average Bonchev–Trinajstić information content (AvgIpc) is 2.87. The van der Waals surface area contributed by atoms with Crippen molar-refractivity contribution in [1.29, 1.82) is 0 Å². The van der Waals surface area contributed by atoms with Gasteiger partial charge in [0.2, 0.25) is 5.91 Å². The fraction of sp³-hybridized carbons (Fsp3) is 0.278. The Bertz CT molecular complexity index is 852. The number of carbonyl (C=O) groups excluding carboxylic acids is 1. The van der Waals surface area contributed by atoms with Crippen molar-refractivity contribution in [2.24, 2.45) is 5.73 Å². The Balaban J connectivity index is 2.19. The van der Waals surface area contributed by atoms with E-state index >= 15 is 0 Å². The second-order valence-corrected chi connectivity index (χ2v) is 5.75. The Hall–Kier alpha value is -2.69. The van der Waals surface area contributed by atoms with Crippen LogP contribution in [0.2, 0.25) is 0 Å². The van der Waals surface area contributed by atoms with E-state index in [9.17, 15) is 4.79 Å². The number of fused-ring (bicyclic) bond motifs is 1. The molecule has 23 heavy (non-hydrogen) atoms. The first-order chi connectivity index (χ1) is 11.1. The molecule has 118 valence electrons. The van der Waals surface area contributed by atoms with Gasteiger partial charge in [-0.05, 0) is 42.7 Å². The maximum absolute atomic E-state index is 11.6. The highest BCUT2D eigenvalue weighted by Crippen LogP contribution is 2.24. The van der Waals surface area contributed by atoms with Crippen LogP contribution >= 0.6 is 0 Å². The van der Waals surface area contributed by atoms with Crippen LogP contribution in [0, 0.1) is 6.92 Å². The van der Waals surface area contributed by atoms with E-state index < -0.39 is 5.91 Å². The lowest BCUT2D eigenvalue weighted by molar-refractivity contribution is 0.100. The Kier molecular flexibility index (Phi) is 4.10. The van der Waals surface area contributed by atoms with Crippen LogP contribution in [0.1, 0.15) is 40.7 Å². The Morgan fingerprint density at radius 2 is 2.17 bits per heavy atom. The number of imidazole rings is 1. The second-order valence-electron chi connectivity index (χ2n) is 5.75. The minimum atomic E-state index is -0.416. The van der Waals surface area contributed by atoms with Crippen LogP contribution in [0.5, 0.6) is 0 Å². The van der Waals surface area contributed by atoms with Crippen LogP contribution in [-0.2, 0) is 13.0 Å². The van der Waals surface area contributed by atoms with Gasteiger partial charge in [0.25, 0.3) is 0 Å². The molecule has 2 N–H and O–H groups in total. The monoisotopic (exact) mass is 308 g/mol. The molecule has 0 spiro atoms. The highest BCUT2D eigenvalue weighted by molar-refractivity contribution is 5.97. The van der Waals surface area contributed by atoms with Crippen LogP contribution in [0.25, 0.3) is 11.0 Å². The molecule has 2 heterocycles. The van der Waals surface area contributed by atoms with Crippen LogP contribution in [0.15, 0.2) is 36.7 Å². The summed E-state index contributed by atoms with van der Waals surface area (Å²) in [7, 11) is 0. The molecule has 0 aliphatic carbocycles. The van der Waals surface area contributed by atoms with Gasteiger partial charge in [0.15, 0.2) is 0 Å². The predicted octanol–water partition coefficient (Wildman–Crippen LogP) is 2.84. The van der Waals surface area contributed by atoms with E-state index in [1.165, 1.54) is 0 Å². The first kappa shape index (κ1) is 15.2. The molecule has 0 aliphatic rings. The summed E-state index contributed by atoms with van der Waals surface area (Å²) in [5.41, 5.74) is 9.94. The van der Waals surface area contributed by atoms with Crippen LogP contribution in [0.4, 0.5) is 0 Å². The molecule has 5 heteroatoms. The van der Waals surface area contributed by atoms with Gasteiger partial charge in [0.1, 0.15) is 5.82 Å². The number of benzene rings is 1. The summed E-state index contributed by atoms with van der Waals surface area (Å²) < 4.78 is 2.16. The summed E-state index contributed by atoms with van der Waals surface area (Å²) in [5, 5.41) is 0. The van der Waals surface area contributed by atoms with Crippen molar-refractivity contribution in [3.05, 3.63) is 59.2 Å². The molecule has 1 amide bonds. The Morgan fingerprint density at radius 3 is 2.83 bits per heavy atom. The molecule has 0 fully saturated rings. The van der Waals surface area contributed by atoms with E-state index in [4.69, 9.17) is 10.7 Å². The molecule has 0 unspecified atom stereocenters. The number of nitrogens with two attached hydrogens (primary N) is 1. The highest BCUT2D eigenvalue weighted by atomic mass is 16.1. The molecule has 5 nitrogen and oxygen atoms in total. The van der Waals surface area contributed by atoms with Gasteiger partial charge in [0, 0.05) is 24.4 Å². The van der Waals surface area contributed by atoms with E-state index in [1.807, 2.05) is 37.4 Å². The molecule has 0 aliphatic heterocycles. The first-order valence-electron chi connectivity index (χ1n) is 7.78. The first-order valence-corrected chi connectivity index (χ1v) is 7.78. The van der Waals surface area contributed by atoms with E-state index in [0.29, 0.717) is 12.1 Å². The zero-order valence-corrected chi connectivity index (χ0v) is 13.4. The molecular formula is C18H20N4O. The van der Waals surface area contributed by atoms with Crippen molar-refractivity contribution >= 4 is 16.9 Å². The molecule has 0 saturated carbocycles. The van der Waals surface area contributed by atoms with Gasteiger partial charge in [-0.25, -0.2) is 4.98 Å². The van der Waals surface area contributed by atoms with Gasteiger partial charge in [-0.3, -0.25) is 9.78 Å². The van der Waals surface area contributed by atoms with Crippen molar-refractivity contribution in [2.75, 3.05) is 0 Å². The van der Waals surface area contributed by atoms with Crippen molar-refractivity contribution in [1.82, 2.24) is 14.5 Å². The van der Waals surface area contributed by atoms with Crippen LogP contribution < -0.4 is 5.73 Å². The summed E-state index contributed by atoms with van der Waals surface area (Å²) in [6.07, 6.45) is 5.52. The summed E-state index contributed by atoms with van der Waals surface area (Å²) in [6.45, 7) is 4.78. The van der Waals surface area contributed by atoms with Crippen molar-refractivity contribution in [3.63, 3.8) is 0 Å². The van der Waals surface area contributed by atoms with Gasteiger partial charge in [-0.2, -0.15) is 0 Å². The van der Waals surface area contributed by atoms with E-state index in [1.54, 1.807) is 6.20 Å². The molecule has 3 aromatic rings. The third-order valence-corrected chi connectivity index (χ3v) is 3.95. The summed E-state index contributed by atoms with van der Waals surface area (Å²) >= 11 is 0. The Morgan fingerprint density at radius 1 is 1.35 bits per heavy atom. The Labute approximate surface area is 135 Å². The number of nitrogens with zero attached hydrogens (tertiary/aromatic N) is 3. The maximum Gasteiger partial charge on any atom is 0.248 e. The molecule has 0 radical (unpaired) electrons. The van der Waals surface area contributed by atoms with Crippen molar-refractivity contribution in [3.8, 4) is 0 Å². The van der Waals surface area contributed by atoms with Crippen LogP contribution in [0.3, 0.4) is 0 Å². The lowest BCUT2D eigenvalue weighted by Gasteiger charge is -2.09. The largest absolute Gasteiger partial charge is 0.366 e. The van der Waals surface area contributed by atoms with Crippen molar-refractivity contribution < 1.29 is 4.79 Å². The highest BCUT2D eigenvalue weighted by Gasteiger charge is 2.15. The number of rotatable bonds is 5. The smallest absolute Gasteiger partial charge is 0.248 e. The predicted molar refractivity (Wildman–Crippen MR) is 90.3 cm³/mol. The normalized spacial score (nSPS) is 11.0. The zero-order valence-electron chi connectivity index (χ0n) is 13.4. The molecular weight excluding hydrogens is 288 g/mol. The fourth-order valence-electron chi connectivity index (χ4n) is 2.85. The van der Waals surface area contributed by atoms with E-state index in [2.05, 4.69) is 16.5 Å². The molecule has 0 atom stereocenters. The third-order valence-electron chi connectivity index (χ3n) is 3.95. The lowest BCUT2D eigenvalue weighted by Crippen LogP contribution is -2.11. The number of aromatic nitrogens is 3. The number of primary amides is 1. The zero-order chi connectivity index (χ0) is 16.4. The molecule has 0 bridgehead atoms. The molecule has 1 aromatic carbocycles. The third kappa shape index (κ3) is 2.95. The quantitative estimate of drug-likeness (QED) is 0.787. The minimum absolute atomic E-state index is 0.416. The van der Waals surface area contributed by atoms with Gasteiger partial charge >= 0.3 is 0 Å². The van der Waals surface area contributed by atoms with E-state index in [0.717, 1.165) is 40.8 Å². The van der Waals surface area contributed by atoms with Gasteiger partial charge < -0.3 is 10.3 Å². The summed E-state index contributed by atoms with van der Waals surface area (Å²) in [4.78, 5) is 20.5. The summed E-state index contributed by atoms with van der Waals surface area (Å²) in [5.74, 6) is 0.609. The number of amides is 1.